The molecular weight excluding hydrogens is 320 g/mol. The van der Waals surface area contributed by atoms with Crippen LogP contribution in [0.15, 0.2) is 35.4 Å². The van der Waals surface area contributed by atoms with Crippen LogP contribution in [0.5, 0.6) is 0 Å². The molecule has 3 aromatic rings. The summed E-state index contributed by atoms with van der Waals surface area (Å²) in [5.74, 6) is -0.0953. The van der Waals surface area contributed by atoms with Crippen molar-refractivity contribution in [3.63, 3.8) is 0 Å². The van der Waals surface area contributed by atoms with Gasteiger partial charge in [-0.1, -0.05) is 12.1 Å². The Kier molecular flexibility index (Phi) is 3.45. The molecule has 0 aliphatic heterocycles. The maximum Gasteiger partial charge on any atom is 0.328 e. The number of nitrogens with zero attached hydrogens (tertiary/aromatic N) is 4. The number of aliphatic carboxylic acids is 1. The van der Waals surface area contributed by atoms with Crippen LogP contribution in [0, 0.1) is 12.8 Å². The summed E-state index contributed by atoms with van der Waals surface area (Å²) in [7, 11) is 1.70. The Morgan fingerprint density at radius 2 is 2.12 bits per heavy atom. The van der Waals surface area contributed by atoms with E-state index < -0.39 is 12.0 Å². The van der Waals surface area contributed by atoms with Crippen molar-refractivity contribution < 1.29 is 9.90 Å². The second-order valence-electron chi connectivity index (χ2n) is 6.55. The lowest BCUT2D eigenvalue weighted by atomic mass is 10.1. The van der Waals surface area contributed by atoms with Crippen molar-refractivity contribution in [2.24, 2.45) is 13.0 Å². The highest BCUT2D eigenvalue weighted by Crippen LogP contribution is 2.40. The predicted octanol–water partition coefficient (Wildman–Crippen LogP) is 2.14. The highest BCUT2D eigenvalue weighted by atomic mass is 16.4. The van der Waals surface area contributed by atoms with E-state index in [2.05, 4.69) is 10.1 Å². The number of para-hydroxylation sites is 1. The van der Waals surface area contributed by atoms with Gasteiger partial charge in [0.2, 0.25) is 0 Å². The van der Waals surface area contributed by atoms with Gasteiger partial charge in [-0.05, 0) is 31.7 Å². The first-order valence-electron chi connectivity index (χ1n) is 8.21. The largest absolute Gasteiger partial charge is 0.480 e. The summed E-state index contributed by atoms with van der Waals surface area (Å²) in [5.41, 5.74) is 2.06. The third-order valence-electron chi connectivity index (χ3n) is 4.85. The van der Waals surface area contributed by atoms with Crippen molar-refractivity contribution >= 4 is 16.9 Å². The van der Waals surface area contributed by atoms with Crippen molar-refractivity contribution in [3.05, 3.63) is 46.8 Å². The van der Waals surface area contributed by atoms with Gasteiger partial charge in [-0.2, -0.15) is 5.10 Å². The summed E-state index contributed by atoms with van der Waals surface area (Å²) in [4.78, 5) is 28.6. The van der Waals surface area contributed by atoms with Gasteiger partial charge >= 0.3 is 5.97 Å². The molecule has 1 aromatic carbocycles. The molecule has 1 N–H and O–H groups in total. The number of rotatable bonds is 4. The van der Waals surface area contributed by atoms with Gasteiger partial charge in [0.1, 0.15) is 5.82 Å². The molecule has 0 saturated heterocycles. The molecule has 2 aromatic heterocycles. The van der Waals surface area contributed by atoms with E-state index in [4.69, 9.17) is 0 Å². The molecule has 0 bridgehead atoms. The maximum absolute atomic E-state index is 12.5. The Hall–Kier alpha value is -2.96. The number of fused-ring (bicyclic) bond motifs is 1. The van der Waals surface area contributed by atoms with Crippen LogP contribution in [0.4, 0.5) is 0 Å². The van der Waals surface area contributed by atoms with Crippen molar-refractivity contribution in [2.75, 3.05) is 0 Å². The van der Waals surface area contributed by atoms with E-state index in [1.165, 1.54) is 9.25 Å². The molecule has 7 heteroatoms. The maximum atomic E-state index is 12.5. The van der Waals surface area contributed by atoms with Crippen molar-refractivity contribution in [2.45, 2.75) is 25.8 Å². The van der Waals surface area contributed by atoms with Gasteiger partial charge in [0.25, 0.3) is 5.56 Å². The lowest BCUT2D eigenvalue weighted by Gasteiger charge is -2.11. The fourth-order valence-electron chi connectivity index (χ4n) is 3.21. The van der Waals surface area contributed by atoms with Crippen LogP contribution < -0.4 is 5.56 Å². The summed E-state index contributed by atoms with van der Waals surface area (Å²) in [5, 5.41) is 14.3. The number of benzene rings is 1. The normalized spacial score (nSPS) is 15.4. The minimum absolute atomic E-state index is 0.0989. The smallest absolute Gasteiger partial charge is 0.328 e. The minimum Gasteiger partial charge on any atom is -0.480 e. The molecule has 7 nitrogen and oxygen atoms in total. The van der Waals surface area contributed by atoms with Crippen LogP contribution >= 0.6 is 0 Å². The summed E-state index contributed by atoms with van der Waals surface area (Å²) in [6.07, 6.45) is 5.20. The van der Waals surface area contributed by atoms with E-state index in [-0.39, 0.29) is 11.5 Å². The summed E-state index contributed by atoms with van der Waals surface area (Å²) >= 11 is 0. The van der Waals surface area contributed by atoms with Gasteiger partial charge in [0.05, 0.1) is 17.1 Å². The van der Waals surface area contributed by atoms with Crippen molar-refractivity contribution in [1.82, 2.24) is 19.3 Å². The van der Waals surface area contributed by atoms with Gasteiger partial charge in [0.15, 0.2) is 6.04 Å². The number of aryl methyl sites for hydroxylation is 1. The van der Waals surface area contributed by atoms with Crippen LogP contribution in [-0.4, -0.2) is 30.4 Å². The number of carbonyl (C=O) groups is 1. The van der Waals surface area contributed by atoms with Gasteiger partial charge in [0, 0.05) is 24.4 Å². The van der Waals surface area contributed by atoms with E-state index in [1.54, 1.807) is 32.4 Å². The number of carboxylic acid groups (broad SMARTS) is 1. The molecule has 1 atom stereocenters. The number of hydrogen-bond donors (Lipinski definition) is 1. The molecule has 1 saturated carbocycles. The quantitative estimate of drug-likeness (QED) is 0.787. The number of carboxylic acids is 1. The highest BCUT2D eigenvalue weighted by molar-refractivity contribution is 5.92. The zero-order valence-corrected chi connectivity index (χ0v) is 14.0. The van der Waals surface area contributed by atoms with Crippen LogP contribution in [0.3, 0.4) is 0 Å². The average Bonchev–Trinajstić information content (AvgIpc) is 3.29. The summed E-state index contributed by atoms with van der Waals surface area (Å²) in [6, 6.07) is 4.81. The Balaban J connectivity index is 1.86. The fraction of sp³-hybridized carbons (Fsp3) is 0.333. The molecule has 1 fully saturated rings. The Morgan fingerprint density at radius 3 is 2.80 bits per heavy atom. The fourth-order valence-corrected chi connectivity index (χ4v) is 3.21. The lowest BCUT2D eigenvalue weighted by Crippen LogP contribution is -2.21. The van der Waals surface area contributed by atoms with Crippen LogP contribution in [-0.2, 0) is 11.8 Å². The topological polar surface area (TPSA) is 90.0 Å². The molecule has 25 heavy (non-hydrogen) atoms. The third-order valence-corrected chi connectivity index (χ3v) is 4.85. The molecule has 0 radical (unpaired) electrons. The predicted molar refractivity (Wildman–Crippen MR) is 92.3 cm³/mol. The first-order valence-corrected chi connectivity index (χ1v) is 8.21. The van der Waals surface area contributed by atoms with Gasteiger partial charge in [-0.15, -0.1) is 0 Å². The first-order chi connectivity index (χ1) is 12.0. The third kappa shape index (κ3) is 2.52. The molecule has 4 rings (SSSR count). The summed E-state index contributed by atoms with van der Waals surface area (Å²) in [6.45, 7) is 1.79. The number of hydrogen-bond acceptors (Lipinski definition) is 4. The van der Waals surface area contributed by atoms with Gasteiger partial charge in [-0.3, -0.25) is 14.0 Å². The second kappa shape index (κ2) is 5.54. The minimum atomic E-state index is -0.863. The Labute approximate surface area is 143 Å². The highest BCUT2D eigenvalue weighted by Gasteiger charge is 2.38. The van der Waals surface area contributed by atoms with E-state index in [9.17, 15) is 14.7 Å². The van der Waals surface area contributed by atoms with E-state index in [1.807, 2.05) is 12.1 Å². The lowest BCUT2D eigenvalue weighted by molar-refractivity contribution is -0.141. The van der Waals surface area contributed by atoms with E-state index >= 15 is 0 Å². The van der Waals surface area contributed by atoms with E-state index in [0.717, 1.165) is 24.0 Å². The van der Waals surface area contributed by atoms with Crippen molar-refractivity contribution in [3.8, 4) is 11.1 Å². The molecule has 1 aliphatic rings. The molecule has 1 unspecified atom stereocenters. The Morgan fingerprint density at radius 1 is 1.36 bits per heavy atom. The molecule has 0 amide bonds. The SMILES string of the molecule is Cc1nc2c(-c3cnn(C(C(=O)O)C4CC4)c3)cccc2c(=O)n1C. The summed E-state index contributed by atoms with van der Waals surface area (Å²) < 4.78 is 3.03. The average molecular weight is 338 g/mol. The monoisotopic (exact) mass is 338 g/mol. The molecule has 0 spiro atoms. The first kappa shape index (κ1) is 15.6. The van der Waals surface area contributed by atoms with Crippen molar-refractivity contribution in [1.29, 1.82) is 0 Å². The van der Waals surface area contributed by atoms with Gasteiger partial charge < -0.3 is 5.11 Å². The molecule has 128 valence electrons. The standard InChI is InChI=1S/C18H18N4O3/c1-10-20-15-13(4-3-5-14(15)17(23)21(10)2)12-8-19-22(9-12)16(18(24)25)11-6-7-11/h3-5,8-9,11,16H,6-7H2,1-2H3,(H,24,25). The molecule has 2 heterocycles. The molecule has 1 aliphatic carbocycles. The van der Waals surface area contributed by atoms with Crippen LogP contribution in [0.1, 0.15) is 24.7 Å². The van der Waals surface area contributed by atoms with Crippen LogP contribution in [0.25, 0.3) is 22.0 Å². The Bertz CT molecular complexity index is 1050. The zero-order valence-electron chi connectivity index (χ0n) is 14.0. The number of aromatic nitrogens is 4. The second-order valence-corrected chi connectivity index (χ2v) is 6.55. The zero-order chi connectivity index (χ0) is 17.7. The van der Waals surface area contributed by atoms with Crippen LogP contribution in [0.2, 0.25) is 0 Å². The van der Waals surface area contributed by atoms with E-state index in [0.29, 0.717) is 16.7 Å². The van der Waals surface area contributed by atoms with Gasteiger partial charge in [-0.25, -0.2) is 9.78 Å². The molecular formula is C18H18N4O3.